The summed E-state index contributed by atoms with van der Waals surface area (Å²) in [5.74, 6) is 2.53. The van der Waals surface area contributed by atoms with Crippen LogP contribution in [-0.2, 0) is 10.2 Å². The monoisotopic (exact) mass is 788 g/mol. The van der Waals surface area contributed by atoms with Gasteiger partial charge in [0.1, 0.15) is 24.0 Å². The maximum atomic E-state index is 6.92. The highest BCUT2D eigenvalue weighted by Crippen LogP contribution is 2.57. The summed E-state index contributed by atoms with van der Waals surface area (Å²) in [7, 11) is 0. The zero-order chi connectivity index (χ0) is 41.7. The molecule has 0 bridgehead atoms. The van der Waals surface area contributed by atoms with Crippen molar-refractivity contribution in [2.75, 3.05) is 13.2 Å². The lowest BCUT2D eigenvalue weighted by Gasteiger charge is -2.38. The fourth-order valence-electron chi connectivity index (χ4n) is 8.70. The van der Waals surface area contributed by atoms with Crippen molar-refractivity contribution in [2.24, 2.45) is 38.5 Å². The van der Waals surface area contributed by atoms with E-state index in [1.165, 1.54) is 33.4 Å². The Morgan fingerprint density at radius 2 is 1.75 bits per heavy atom. The van der Waals surface area contributed by atoms with Gasteiger partial charge in [0.25, 0.3) is 0 Å². The molecule has 5 nitrogen and oxygen atoms in total. The van der Waals surface area contributed by atoms with Gasteiger partial charge in [-0.2, -0.15) is 0 Å². The molecule has 2 aromatic rings. The molecule has 0 fully saturated rings. The van der Waals surface area contributed by atoms with E-state index in [1.807, 2.05) is 61.7 Å². The Hall–Kier alpha value is -6.59. The number of nitrogens with two attached hydrogens (primary N) is 1. The Morgan fingerprint density at radius 1 is 0.967 bits per heavy atom. The molecule has 2 aliphatic heterocycles. The summed E-state index contributed by atoms with van der Waals surface area (Å²) in [6.07, 6.45) is 45.9. The van der Waals surface area contributed by atoms with E-state index in [4.69, 9.17) is 25.4 Å². The zero-order valence-electron chi connectivity index (χ0n) is 34.8. The first kappa shape index (κ1) is 41.6. The highest BCUT2D eigenvalue weighted by atomic mass is 16.5. The molecular formula is C55H56N4O. The molecule has 2 heterocycles. The average molecular weight is 789 g/mol. The third-order valence-corrected chi connectivity index (χ3v) is 11.8. The number of hydrogen-bond acceptors (Lipinski definition) is 3. The molecule has 2 N–H and O–H groups in total. The molecule has 0 radical (unpaired) electrons. The van der Waals surface area contributed by atoms with Gasteiger partial charge in [0.05, 0.1) is 12.0 Å². The van der Waals surface area contributed by atoms with Crippen molar-refractivity contribution in [1.82, 2.24) is 0 Å². The van der Waals surface area contributed by atoms with Gasteiger partial charge < -0.3 is 10.5 Å². The van der Waals surface area contributed by atoms with Crippen molar-refractivity contribution in [1.29, 1.82) is 0 Å². The van der Waals surface area contributed by atoms with Gasteiger partial charge in [-0.3, -0.25) is 9.98 Å². The molecule has 0 amide bonds. The molecule has 5 heteroatoms. The highest BCUT2D eigenvalue weighted by molar-refractivity contribution is 6.08. The minimum absolute atomic E-state index is 0.188. The third kappa shape index (κ3) is 9.32. The molecular weight excluding hydrogens is 733 g/mol. The van der Waals surface area contributed by atoms with Crippen LogP contribution >= 0.6 is 0 Å². The van der Waals surface area contributed by atoms with Crippen LogP contribution in [-0.4, -0.2) is 31.0 Å². The molecule has 0 aromatic heterocycles. The largest absolute Gasteiger partial charge is 0.490 e. The van der Waals surface area contributed by atoms with E-state index < -0.39 is 5.41 Å². The van der Waals surface area contributed by atoms with E-state index >= 15 is 0 Å². The van der Waals surface area contributed by atoms with Gasteiger partial charge >= 0.3 is 0 Å². The Bertz CT molecular complexity index is 2380. The molecule has 5 aliphatic rings. The van der Waals surface area contributed by atoms with Gasteiger partial charge in [-0.25, -0.2) is 4.99 Å². The van der Waals surface area contributed by atoms with E-state index in [0.717, 1.165) is 48.3 Å². The maximum absolute atomic E-state index is 6.92. The molecule has 3 aliphatic carbocycles. The number of aliphatic imine (C=N–C) groups is 3. The van der Waals surface area contributed by atoms with Crippen LogP contribution < -0.4 is 5.73 Å². The lowest BCUT2D eigenvalue weighted by Crippen LogP contribution is -2.31. The first-order chi connectivity index (χ1) is 29.4. The van der Waals surface area contributed by atoms with Crippen LogP contribution in [0.15, 0.2) is 232 Å². The van der Waals surface area contributed by atoms with Gasteiger partial charge in [-0.15, -0.1) is 6.58 Å². The highest BCUT2D eigenvalue weighted by Gasteiger charge is 2.47. The number of benzene rings is 2. The van der Waals surface area contributed by atoms with Crippen molar-refractivity contribution in [3.63, 3.8) is 0 Å². The fourth-order valence-corrected chi connectivity index (χ4v) is 8.70. The number of rotatable bonds is 13. The molecule has 1 spiro atoms. The summed E-state index contributed by atoms with van der Waals surface area (Å²) < 4.78 is 6.92. The number of ether oxygens (including phenoxy) is 1. The summed E-state index contributed by atoms with van der Waals surface area (Å²) in [4.78, 5) is 14.5. The first-order valence-electron chi connectivity index (χ1n) is 21.1. The first-order valence-corrected chi connectivity index (χ1v) is 21.1. The van der Waals surface area contributed by atoms with Crippen LogP contribution in [0.2, 0.25) is 0 Å². The standard InChI is InChI=1S/C55H56N4O/c1-5-8-10-12-20-41(7-3)36-40(4)54(56)59-53(27-13-11-9-6-2)58-39-42-21-18-33-55(48-25-16-14-23-46(48)47-24-15-17-26-49(47)55)50-31-30-45(38-52(50)60-35-32-42)44-29-28-43-22-19-34-57-51(43)37-44/h5-19,21-27,29,31-32,34,37-38,41,43,45H,2-4,20,28,30,33,35-36,39H2,1H3,(H2,56,58,59)/b8-5-,11-9-,12-10-,21-18?,27-13+,42-32?. The van der Waals surface area contributed by atoms with Crippen molar-refractivity contribution in [3.8, 4) is 11.1 Å². The van der Waals surface area contributed by atoms with Crippen LogP contribution in [0, 0.1) is 17.8 Å². The Labute approximate surface area is 357 Å². The van der Waals surface area contributed by atoms with Crippen LogP contribution in [0.1, 0.15) is 50.2 Å². The molecule has 7 rings (SSSR count). The number of hydrogen-bond donors (Lipinski definition) is 1. The minimum Gasteiger partial charge on any atom is -0.490 e. The second-order valence-electron chi connectivity index (χ2n) is 15.6. The van der Waals surface area contributed by atoms with E-state index in [1.54, 1.807) is 6.08 Å². The molecule has 60 heavy (non-hydrogen) atoms. The van der Waals surface area contributed by atoms with E-state index in [9.17, 15) is 0 Å². The van der Waals surface area contributed by atoms with Gasteiger partial charge in [0.15, 0.2) is 0 Å². The van der Waals surface area contributed by atoms with Crippen LogP contribution in [0.5, 0.6) is 0 Å². The molecule has 302 valence electrons. The van der Waals surface area contributed by atoms with E-state index in [2.05, 4.69) is 129 Å². The Morgan fingerprint density at radius 3 is 2.52 bits per heavy atom. The van der Waals surface area contributed by atoms with Crippen molar-refractivity contribution in [3.05, 3.63) is 229 Å². The summed E-state index contributed by atoms with van der Waals surface area (Å²) in [5, 5.41) is 0. The van der Waals surface area contributed by atoms with Gasteiger partial charge in [-0.05, 0) is 114 Å². The molecule has 3 unspecified atom stereocenters. The minimum atomic E-state index is -0.425. The number of dihydropyridines is 1. The maximum Gasteiger partial charge on any atom is 0.149 e. The van der Waals surface area contributed by atoms with E-state index in [0.29, 0.717) is 37.2 Å². The summed E-state index contributed by atoms with van der Waals surface area (Å²) in [6, 6.07) is 17.8. The average Bonchev–Trinajstić information content (AvgIpc) is 3.57. The summed E-state index contributed by atoms with van der Waals surface area (Å²) in [6.45, 7) is 14.9. The summed E-state index contributed by atoms with van der Waals surface area (Å²) >= 11 is 0. The Kier molecular flexibility index (Phi) is 13.8. The lowest BCUT2D eigenvalue weighted by atomic mass is 9.66. The Balaban J connectivity index is 1.21. The summed E-state index contributed by atoms with van der Waals surface area (Å²) in [5.41, 5.74) is 16.8. The van der Waals surface area contributed by atoms with Crippen molar-refractivity contribution < 1.29 is 4.74 Å². The lowest BCUT2D eigenvalue weighted by molar-refractivity contribution is 0.242. The molecule has 0 saturated carbocycles. The number of allylic oxidation sites excluding steroid dienone is 18. The predicted molar refractivity (Wildman–Crippen MR) is 255 cm³/mol. The third-order valence-electron chi connectivity index (χ3n) is 11.8. The molecule has 3 atom stereocenters. The van der Waals surface area contributed by atoms with E-state index in [-0.39, 0.29) is 11.8 Å². The predicted octanol–water partition coefficient (Wildman–Crippen LogP) is 12.5. The van der Waals surface area contributed by atoms with Gasteiger partial charge in [0, 0.05) is 29.3 Å². The molecule has 2 aromatic carbocycles. The smallest absolute Gasteiger partial charge is 0.149 e. The normalized spacial score (nSPS) is 21.4. The van der Waals surface area contributed by atoms with Crippen molar-refractivity contribution >= 4 is 17.9 Å². The topological polar surface area (TPSA) is 72.3 Å². The number of amidine groups is 2. The fraction of sp³-hybridized carbons (Fsp3) is 0.218. The van der Waals surface area contributed by atoms with Crippen LogP contribution in [0.4, 0.5) is 0 Å². The number of fused-ring (bicyclic) bond motifs is 8. The SMILES string of the molecule is C=C/C=C\C=C\C(=NCC1=CCOC2=CC(C3=CCC4C=CC=NC4=C3)CC=C2C2(CC=C1)c1ccccc1-c1ccccc12)N=C(N)C(=C)CC(C=C)C/C=C\C=C/C. The zero-order valence-corrected chi connectivity index (χ0v) is 34.8. The number of nitrogens with zero attached hydrogens (tertiary/aromatic N) is 3. The van der Waals surface area contributed by atoms with Crippen LogP contribution in [0.3, 0.4) is 0 Å². The quantitative estimate of drug-likeness (QED) is 0.0950. The molecule has 0 saturated heterocycles. The van der Waals surface area contributed by atoms with Gasteiger partial charge in [0.2, 0.25) is 0 Å². The van der Waals surface area contributed by atoms with Crippen LogP contribution in [0.25, 0.3) is 11.1 Å². The second kappa shape index (κ2) is 19.9. The second-order valence-corrected chi connectivity index (χ2v) is 15.6. The van der Waals surface area contributed by atoms with Gasteiger partial charge in [-0.1, -0.05) is 147 Å². The van der Waals surface area contributed by atoms with Crippen molar-refractivity contribution in [2.45, 2.75) is 44.4 Å².